The molecule has 0 saturated carbocycles. The van der Waals surface area contributed by atoms with E-state index in [0.29, 0.717) is 6.04 Å². The van der Waals surface area contributed by atoms with Crippen LogP contribution in [0.5, 0.6) is 0 Å². The van der Waals surface area contributed by atoms with E-state index in [-0.39, 0.29) is 0 Å². The second kappa shape index (κ2) is 4.99. The van der Waals surface area contributed by atoms with Crippen molar-refractivity contribution in [3.63, 3.8) is 0 Å². The zero-order chi connectivity index (χ0) is 12.6. The number of aliphatic hydroxyl groups is 1. The van der Waals surface area contributed by atoms with Crippen molar-refractivity contribution in [1.29, 1.82) is 0 Å². The highest BCUT2D eigenvalue weighted by atomic mass is 79.9. The standard InChI is InChI=1S/C14H20BrNO/c1-9-6-10(2)16(8-9)14-5-4-12(11(3)17)7-13(14)15/h4-5,7,9-11,17H,6,8H2,1-3H3. The summed E-state index contributed by atoms with van der Waals surface area (Å²) in [6, 6.07) is 6.75. The van der Waals surface area contributed by atoms with Crippen LogP contribution in [0.15, 0.2) is 22.7 Å². The van der Waals surface area contributed by atoms with E-state index in [0.717, 1.165) is 22.5 Å². The van der Waals surface area contributed by atoms with Crippen molar-refractivity contribution in [3.05, 3.63) is 28.2 Å². The molecule has 94 valence electrons. The molecule has 0 radical (unpaired) electrons. The summed E-state index contributed by atoms with van der Waals surface area (Å²) in [5.74, 6) is 0.758. The average molecular weight is 298 g/mol. The second-order valence-corrected chi connectivity index (χ2v) is 6.08. The van der Waals surface area contributed by atoms with E-state index in [4.69, 9.17) is 0 Å². The second-order valence-electron chi connectivity index (χ2n) is 5.23. The highest BCUT2D eigenvalue weighted by Gasteiger charge is 2.27. The first-order chi connectivity index (χ1) is 7.99. The number of aliphatic hydroxyl groups excluding tert-OH is 1. The Hall–Kier alpha value is -0.540. The lowest BCUT2D eigenvalue weighted by molar-refractivity contribution is 0.199. The lowest BCUT2D eigenvalue weighted by atomic mass is 10.1. The summed E-state index contributed by atoms with van der Waals surface area (Å²) < 4.78 is 1.08. The van der Waals surface area contributed by atoms with Crippen LogP contribution in [-0.2, 0) is 0 Å². The highest BCUT2D eigenvalue weighted by Crippen LogP contribution is 2.35. The minimum absolute atomic E-state index is 0.407. The largest absolute Gasteiger partial charge is 0.389 e. The smallest absolute Gasteiger partial charge is 0.0762 e. The predicted octanol–water partition coefficient (Wildman–Crippen LogP) is 3.74. The van der Waals surface area contributed by atoms with E-state index in [9.17, 15) is 5.11 Å². The van der Waals surface area contributed by atoms with Gasteiger partial charge in [0.2, 0.25) is 0 Å². The van der Waals surface area contributed by atoms with Gasteiger partial charge in [-0.05, 0) is 59.8 Å². The lowest BCUT2D eigenvalue weighted by Gasteiger charge is -2.25. The third kappa shape index (κ3) is 2.66. The van der Waals surface area contributed by atoms with Gasteiger partial charge in [-0.25, -0.2) is 0 Å². The first kappa shape index (κ1) is 12.9. The molecule has 1 fully saturated rings. The van der Waals surface area contributed by atoms with Gasteiger partial charge in [-0.2, -0.15) is 0 Å². The quantitative estimate of drug-likeness (QED) is 0.899. The zero-order valence-corrected chi connectivity index (χ0v) is 12.2. The van der Waals surface area contributed by atoms with Crippen LogP contribution in [0.4, 0.5) is 5.69 Å². The molecule has 3 heteroatoms. The number of nitrogens with zero attached hydrogens (tertiary/aromatic N) is 1. The third-order valence-corrected chi connectivity index (χ3v) is 4.18. The molecule has 1 N–H and O–H groups in total. The van der Waals surface area contributed by atoms with Crippen LogP contribution in [0, 0.1) is 5.92 Å². The Labute approximate surface area is 112 Å². The molecule has 1 aliphatic heterocycles. The van der Waals surface area contributed by atoms with Gasteiger partial charge in [-0.3, -0.25) is 0 Å². The average Bonchev–Trinajstić information content (AvgIpc) is 2.57. The fourth-order valence-electron chi connectivity index (χ4n) is 2.65. The molecule has 1 aromatic rings. The summed E-state index contributed by atoms with van der Waals surface area (Å²) in [6.45, 7) is 7.49. The zero-order valence-electron chi connectivity index (χ0n) is 10.7. The maximum atomic E-state index is 9.56. The molecule has 3 unspecified atom stereocenters. The number of hydrogen-bond acceptors (Lipinski definition) is 2. The number of rotatable bonds is 2. The maximum absolute atomic E-state index is 9.56. The highest BCUT2D eigenvalue weighted by molar-refractivity contribution is 9.10. The summed E-state index contributed by atoms with van der Waals surface area (Å²) in [6.07, 6.45) is 0.847. The third-order valence-electron chi connectivity index (χ3n) is 3.55. The molecule has 0 amide bonds. The normalized spacial score (nSPS) is 26.3. The van der Waals surface area contributed by atoms with Crippen molar-refractivity contribution in [2.75, 3.05) is 11.4 Å². The Kier molecular flexibility index (Phi) is 3.79. The van der Waals surface area contributed by atoms with Crippen molar-refractivity contribution in [3.8, 4) is 0 Å². The van der Waals surface area contributed by atoms with E-state index in [1.54, 1.807) is 6.92 Å². The Bertz CT molecular complexity index is 405. The minimum Gasteiger partial charge on any atom is -0.389 e. The first-order valence-corrected chi connectivity index (χ1v) is 7.02. The molecule has 17 heavy (non-hydrogen) atoms. The molecule has 1 heterocycles. The van der Waals surface area contributed by atoms with Crippen molar-refractivity contribution in [2.45, 2.75) is 39.3 Å². The van der Waals surface area contributed by atoms with Gasteiger partial charge in [-0.15, -0.1) is 0 Å². The Balaban J connectivity index is 2.28. The van der Waals surface area contributed by atoms with Crippen LogP contribution < -0.4 is 4.90 Å². The molecule has 2 nitrogen and oxygen atoms in total. The van der Waals surface area contributed by atoms with Gasteiger partial charge in [0.05, 0.1) is 11.8 Å². The Morgan fingerprint density at radius 2 is 2.12 bits per heavy atom. The predicted molar refractivity (Wildman–Crippen MR) is 75.4 cm³/mol. The van der Waals surface area contributed by atoms with Crippen molar-refractivity contribution in [2.24, 2.45) is 5.92 Å². The molecular weight excluding hydrogens is 278 g/mol. The molecule has 1 aliphatic rings. The van der Waals surface area contributed by atoms with Crippen LogP contribution in [0.25, 0.3) is 0 Å². The van der Waals surface area contributed by atoms with Crippen molar-refractivity contribution < 1.29 is 5.11 Å². The monoisotopic (exact) mass is 297 g/mol. The Morgan fingerprint density at radius 3 is 2.59 bits per heavy atom. The van der Waals surface area contributed by atoms with Gasteiger partial charge >= 0.3 is 0 Å². The molecule has 2 rings (SSSR count). The number of hydrogen-bond donors (Lipinski definition) is 1. The SMILES string of the molecule is CC1CC(C)N(c2ccc(C(C)O)cc2Br)C1. The molecular formula is C14H20BrNO. The van der Waals surface area contributed by atoms with Gasteiger partial charge in [0.1, 0.15) is 0 Å². The fraction of sp³-hybridized carbons (Fsp3) is 0.571. The molecule has 0 aliphatic carbocycles. The van der Waals surface area contributed by atoms with Gasteiger partial charge in [0, 0.05) is 17.1 Å². The number of anilines is 1. The Morgan fingerprint density at radius 1 is 1.41 bits per heavy atom. The van der Waals surface area contributed by atoms with E-state index in [1.807, 2.05) is 12.1 Å². The van der Waals surface area contributed by atoms with Gasteiger partial charge in [0.15, 0.2) is 0 Å². The molecule has 1 saturated heterocycles. The number of benzene rings is 1. The van der Waals surface area contributed by atoms with Gasteiger partial charge in [0.25, 0.3) is 0 Å². The van der Waals surface area contributed by atoms with Crippen LogP contribution >= 0.6 is 15.9 Å². The molecule has 0 bridgehead atoms. The van der Waals surface area contributed by atoms with E-state index in [1.165, 1.54) is 12.1 Å². The van der Waals surface area contributed by atoms with E-state index >= 15 is 0 Å². The van der Waals surface area contributed by atoms with Crippen molar-refractivity contribution >= 4 is 21.6 Å². The summed E-state index contributed by atoms with van der Waals surface area (Å²) in [7, 11) is 0. The fourth-order valence-corrected chi connectivity index (χ4v) is 3.28. The molecule has 0 spiro atoms. The topological polar surface area (TPSA) is 23.5 Å². The van der Waals surface area contributed by atoms with Crippen molar-refractivity contribution in [1.82, 2.24) is 0 Å². The van der Waals surface area contributed by atoms with Crippen LogP contribution in [-0.4, -0.2) is 17.7 Å². The summed E-state index contributed by atoms with van der Waals surface area (Å²) in [5.41, 5.74) is 2.20. The summed E-state index contributed by atoms with van der Waals surface area (Å²) in [5, 5.41) is 9.56. The summed E-state index contributed by atoms with van der Waals surface area (Å²) in [4.78, 5) is 2.45. The molecule has 3 atom stereocenters. The van der Waals surface area contributed by atoms with Crippen LogP contribution in [0.3, 0.4) is 0 Å². The summed E-state index contributed by atoms with van der Waals surface area (Å²) >= 11 is 3.62. The van der Waals surface area contributed by atoms with E-state index in [2.05, 4.69) is 40.7 Å². The van der Waals surface area contributed by atoms with E-state index < -0.39 is 6.10 Å². The van der Waals surface area contributed by atoms with Gasteiger partial charge < -0.3 is 10.0 Å². The number of halogens is 1. The minimum atomic E-state index is -0.407. The first-order valence-electron chi connectivity index (χ1n) is 6.23. The van der Waals surface area contributed by atoms with Crippen LogP contribution in [0.2, 0.25) is 0 Å². The molecule has 0 aromatic heterocycles. The van der Waals surface area contributed by atoms with Gasteiger partial charge in [-0.1, -0.05) is 13.0 Å². The molecule has 1 aromatic carbocycles. The van der Waals surface area contributed by atoms with Crippen LogP contribution in [0.1, 0.15) is 38.9 Å². The lowest BCUT2D eigenvalue weighted by Crippen LogP contribution is -2.26. The maximum Gasteiger partial charge on any atom is 0.0762 e.